The van der Waals surface area contributed by atoms with Crippen molar-refractivity contribution in [1.82, 2.24) is 5.32 Å². The number of methoxy groups -OCH3 is 1. The minimum absolute atomic E-state index is 0.156. The maximum Gasteiger partial charge on any atom is 0.0642 e. The second-order valence-electron chi connectivity index (χ2n) is 4.41. The summed E-state index contributed by atoms with van der Waals surface area (Å²) in [6.45, 7) is 3.55. The molecular formula is C13H20BrNO2. The minimum Gasteiger partial charge on any atom is -0.396 e. The van der Waals surface area contributed by atoms with Crippen LogP contribution in [-0.4, -0.2) is 31.0 Å². The van der Waals surface area contributed by atoms with Gasteiger partial charge in [-0.25, -0.2) is 0 Å². The number of ether oxygens (including phenoxy) is 1. The molecule has 3 nitrogen and oxygen atoms in total. The molecule has 1 aromatic carbocycles. The molecule has 0 aliphatic rings. The van der Waals surface area contributed by atoms with E-state index >= 15 is 0 Å². The van der Waals surface area contributed by atoms with Gasteiger partial charge in [0.25, 0.3) is 0 Å². The number of aliphatic hydroxyl groups is 1. The van der Waals surface area contributed by atoms with Crippen LogP contribution in [0.2, 0.25) is 0 Å². The zero-order valence-electron chi connectivity index (χ0n) is 10.4. The van der Waals surface area contributed by atoms with Crippen molar-refractivity contribution in [3.05, 3.63) is 34.3 Å². The molecule has 17 heavy (non-hydrogen) atoms. The summed E-state index contributed by atoms with van der Waals surface area (Å²) in [6, 6.07) is 8.11. The van der Waals surface area contributed by atoms with Crippen molar-refractivity contribution in [3.8, 4) is 0 Å². The molecule has 0 aliphatic carbocycles. The summed E-state index contributed by atoms with van der Waals surface area (Å²) < 4.78 is 6.29. The highest BCUT2D eigenvalue weighted by molar-refractivity contribution is 9.10. The zero-order valence-corrected chi connectivity index (χ0v) is 12.0. The first kappa shape index (κ1) is 14.6. The smallest absolute Gasteiger partial charge is 0.0642 e. The first-order valence-electron chi connectivity index (χ1n) is 5.69. The van der Waals surface area contributed by atoms with E-state index in [4.69, 9.17) is 9.84 Å². The minimum atomic E-state index is -0.196. The summed E-state index contributed by atoms with van der Waals surface area (Å²) >= 11 is 3.52. The lowest BCUT2D eigenvalue weighted by Crippen LogP contribution is -2.46. The molecule has 1 aromatic rings. The predicted octanol–water partition coefficient (Wildman–Crippen LogP) is 2.33. The van der Waals surface area contributed by atoms with Crippen molar-refractivity contribution in [3.63, 3.8) is 0 Å². The fourth-order valence-electron chi connectivity index (χ4n) is 1.73. The Morgan fingerprint density at radius 3 is 2.71 bits per heavy atom. The molecule has 2 N–H and O–H groups in total. The summed E-state index contributed by atoms with van der Waals surface area (Å²) in [7, 11) is 1.68. The third-order valence-electron chi connectivity index (χ3n) is 2.79. The molecule has 0 saturated carbocycles. The van der Waals surface area contributed by atoms with Crippen molar-refractivity contribution in [1.29, 1.82) is 0 Å². The Morgan fingerprint density at radius 1 is 1.41 bits per heavy atom. The largest absolute Gasteiger partial charge is 0.396 e. The molecule has 1 unspecified atom stereocenters. The highest BCUT2D eigenvalue weighted by Gasteiger charge is 2.22. The monoisotopic (exact) mass is 301 g/mol. The predicted molar refractivity (Wildman–Crippen MR) is 73.0 cm³/mol. The van der Waals surface area contributed by atoms with Crippen LogP contribution in [0, 0.1) is 0 Å². The van der Waals surface area contributed by atoms with E-state index in [0.29, 0.717) is 13.0 Å². The Balaban J connectivity index is 2.60. The molecule has 1 atom stereocenters. The molecule has 0 aromatic heterocycles. The maximum atomic E-state index is 9.08. The maximum absolute atomic E-state index is 9.08. The fraction of sp³-hybridized carbons (Fsp3) is 0.538. The molecule has 0 saturated heterocycles. The quantitative estimate of drug-likeness (QED) is 0.812. The summed E-state index contributed by atoms with van der Waals surface area (Å²) in [4.78, 5) is 0. The zero-order chi connectivity index (χ0) is 12.7. The van der Waals surface area contributed by atoms with Crippen LogP contribution in [0.4, 0.5) is 0 Å². The average molecular weight is 302 g/mol. The van der Waals surface area contributed by atoms with Gasteiger partial charge in [0, 0.05) is 30.3 Å². The summed E-state index contributed by atoms with van der Waals surface area (Å²) in [5, 5.41) is 12.5. The SMILES string of the molecule is COCC(C)(CCO)NCc1ccccc1Br. The van der Waals surface area contributed by atoms with Gasteiger partial charge in [-0.3, -0.25) is 0 Å². The summed E-state index contributed by atoms with van der Waals surface area (Å²) in [6.07, 6.45) is 0.672. The van der Waals surface area contributed by atoms with Crippen LogP contribution in [0.15, 0.2) is 28.7 Å². The van der Waals surface area contributed by atoms with Crippen molar-refractivity contribution in [2.75, 3.05) is 20.3 Å². The lowest BCUT2D eigenvalue weighted by molar-refractivity contribution is 0.0969. The van der Waals surface area contributed by atoms with Crippen molar-refractivity contribution >= 4 is 15.9 Å². The molecule has 0 bridgehead atoms. The molecule has 96 valence electrons. The van der Waals surface area contributed by atoms with Gasteiger partial charge in [0.15, 0.2) is 0 Å². The van der Waals surface area contributed by atoms with E-state index in [1.165, 1.54) is 5.56 Å². The van der Waals surface area contributed by atoms with Crippen molar-refractivity contribution < 1.29 is 9.84 Å². The van der Waals surface area contributed by atoms with Crippen LogP contribution in [-0.2, 0) is 11.3 Å². The van der Waals surface area contributed by atoms with Gasteiger partial charge in [-0.05, 0) is 25.0 Å². The van der Waals surface area contributed by atoms with Gasteiger partial charge in [0.2, 0.25) is 0 Å². The van der Waals surface area contributed by atoms with Gasteiger partial charge in [-0.2, -0.15) is 0 Å². The van der Waals surface area contributed by atoms with Gasteiger partial charge >= 0.3 is 0 Å². The van der Waals surface area contributed by atoms with Crippen LogP contribution >= 0.6 is 15.9 Å². The van der Waals surface area contributed by atoms with E-state index in [2.05, 4.69) is 34.2 Å². The van der Waals surface area contributed by atoms with Crippen LogP contribution < -0.4 is 5.32 Å². The Morgan fingerprint density at radius 2 is 2.12 bits per heavy atom. The third kappa shape index (κ3) is 4.76. The van der Waals surface area contributed by atoms with E-state index in [0.717, 1.165) is 11.0 Å². The Labute approximate surface area is 111 Å². The van der Waals surface area contributed by atoms with Gasteiger partial charge < -0.3 is 15.2 Å². The first-order valence-corrected chi connectivity index (χ1v) is 6.49. The molecular weight excluding hydrogens is 282 g/mol. The summed E-state index contributed by atoms with van der Waals surface area (Å²) in [5.74, 6) is 0. The van der Waals surface area contributed by atoms with Gasteiger partial charge in [0.05, 0.1) is 6.61 Å². The van der Waals surface area contributed by atoms with Crippen molar-refractivity contribution in [2.45, 2.75) is 25.4 Å². The van der Waals surface area contributed by atoms with E-state index < -0.39 is 0 Å². The molecule has 0 aliphatic heterocycles. The number of aliphatic hydroxyl groups excluding tert-OH is 1. The normalized spacial score (nSPS) is 14.6. The van der Waals surface area contributed by atoms with E-state index in [-0.39, 0.29) is 12.1 Å². The number of hydrogen-bond acceptors (Lipinski definition) is 3. The van der Waals surface area contributed by atoms with Gasteiger partial charge in [-0.1, -0.05) is 34.1 Å². The lowest BCUT2D eigenvalue weighted by atomic mass is 9.99. The fourth-order valence-corrected chi connectivity index (χ4v) is 2.15. The lowest BCUT2D eigenvalue weighted by Gasteiger charge is -2.30. The number of rotatable bonds is 7. The standard InChI is InChI=1S/C13H20BrNO2/c1-13(7-8-16,10-17-2)15-9-11-5-3-4-6-12(11)14/h3-6,15-16H,7-10H2,1-2H3. The third-order valence-corrected chi connectivity index (χ3v) is 3.56. The molecule has 0 heterocycles. The Kier molecular flexibility index (Phi) is 6.12. The number of halogens is 1. The Hall–Kier alpha value is -0.420. The van der Waals surface area contributed by atoms with E-state index in [1.54, 1.807) is 7.11 Å². The van der Waals surface area contributed by atoms with Crippen molar-refractivity contribution in [2.24, 2.45) is 0 Å². The molecule has 0 radical (unpaired) electrons. The van der Waals surface area contributed by atoms with Gasteiger partial charge in [-0.15, -0.1) is 0 Å². The van der Waals surface area contributed by atoms with Gasteiger partial charge in [0.1, 0.15) is 0 Å². The Bertz CT molecular complexity index is 338. The summed E-state index contributed by atoms with van der Waals surface area (Å²) in [5.41, 5.74) is 1.01. The molecule has 0 fully saturated rings. The molecule has 0 spiro atoms. The second-order valence-corrected chi connectivity index (χ2v) is 5.27. The van der Waals surface area contributed by atoms with Crippen LogP contribution in [0.1, 0.15) is 18.9 Å². The van der Waals surface area contributed by atoms with E-state index in [1.807, 2.05) is 18.2 Å². The topological polar surface area (TPSA) is 41.5 Å². The number of nitrogens with one attached hydrogen (secondary N) is 1. The number of benzene rings is 1. The highest BCUT2D eigenvalue weighted by atomic mass is 79.9. The van der Waals surface area contributed by atoms with E-state index in [9.17, 15) is 0 Å². The van der Waals surface area contributed by atoms with Crippen LogP contribution in [0.5, 0.6) is 0 Å². The average Bonchev–Trinajstić information content (AvgIpc) is 2.29. The molecule has 4 heteroatoms. The molecule has 0 amide bonds. The second kappa shape index (κ2) is 7.11. The number of hydrogen-bond donors (Lipinski definition) is 2. The van der Waals surface area contributed by atoms with Crippen LogP contribution in [0.3, 0.4) is 0 Å². The first-order chi connectivity index (χ1) is 8.11. The van der Waals surface area contributed by atoms with Crippen LogP contribution in [0.25, 0.3) is 0 Å². The highest BCUT2D eigenvalue weighted by Crippen LogP contribution is 2.17. The molecule has 1 rings (SSSR count).